The number of morpholine rings is 1. The van der Waals surface area contributed by atoms with E-state index >= 15 is 0 Å². The first-order valence-electron chi connectivity index (χ1n) is 5.83. The highest BCUT2D eigenvalue weighted by Crippen LogP contribution is 2.04. The van der Waals surface area contributed by atoms with E-state index in [1.807, 2.05) is 6.92 Å². The van der Waals surface area contributed by atoms with Crippen molar-refractivity contribution in [3.05, 3.63) is 0 Å². The number of imide groups is 1. The van der Waals surface area contributed by atoms with Gasteiger partial charge < -0.3 is 10.1 Å². The van der Waals surface area contributed by atoms with Crippen LogP contribution in [0.15, 0.2) is 0 Å². The van der Waals surface area contributed by atoms with Gasteiger partial charge in [-0.15, -0.1) is 0 Å². The third-order valence-electron chi connectivity index (χ3n) is 2.63. The average Bonchev–Trinajstić information content (AvgIpc) is 2.28. The van der Waals surface area contributed by atoms with Crippen LogP contribution >= 0.6 is 0 Å². The molecule has 1 aliphatic rings. The molecule has 0 spiro atoms. The van der Waals surface area contributed by atoms with E-state index in [1.165, 1.54) is 4.90 Å². The van der Waals surface area contributed by atoms with Crippen LogP contribution in [-0.2, 0) is 14.3 Å². The highest BCUT2D eigenvalue weighted by atomic mass is 16.5. The summed E-state index contributed by atoms with van der Waals surface area (Å²) in [6.45, 7) is 5.54. The Bertz CT molecular complexity index is 240. The Morgan fingerprint density at radius 3 is 2.44 bits per heavy atom. The second kappa shape index (κ2) is 6.60. The van der Waals surface area contributed by atoms with E-state index in [0.29, 0.717) is 6.54 Å². The second-order valence-corrected chi connectivity index (χ2v) is 3.95. The van der Waals surface area contributed by atoms with E-state index in [0.717, 1.165) is 19.4 Å². The van der Waals surface area contributed by atoms with Crippen molar-refractivity contribution in [1.29, 1.82) is 0 Å². The van der Waals surface area contributed by atoms with Crippen LogP contribution in [0.5, 0.6) is 0 Å². The van der Waals surface area contributed by atoms with Crippen molar-refractivity contribution in [3.8, 4) is 0 Å². The molecular weight excluding hydrogens is 208 g/mol. The van der Waals surface area contributed by atoms with Crippen molar-refractivity contribution >= 4 is 11.8 Å². The number of nitrogens with one attached hydrogen (secondary N) is 1. The molecule has 1 heterocycles. The first kappa shape index (κ1) is 13.1. The molecule has 1 saturated heterocycles. The van der Waals surface area contributed by atoms with Crippen LogP contribution < -0.4 is 5.32 Å². The third-order valence-corrected chi connectivity index (χ3v) is 2.63. The SMILES string of the molecule is CCCNC(CC)CN1C(=O)COCC1=O. The Labute approximate surface area is 96.1 Å². The van der Waals surface area contributed by atoms with Crippen LogP contribution in [0.4, 0.5) is 0 Å². The largest absolute Gasteiger partial charge is 0.362 e. The molecule has 0 aromatic heterocycles. The molecule has 0 saturated carbocycles. The van der Waals surface area contributed by atoms with E-state index in [-0.39, 0.29) is 31.1 Å². The van der Waals surface area contributed by atoms with Gasteiger partial charge in [-0.3, -0.25) is 14.5 Å². The zero-order chi connectivity index (χ0) is 12.0. The van der Waals surface area contributed by atoms with Crippen molar-refractivity contribution in [2.75, 3.05) is 26.3 Å². The molecule has 0 aromatic rings. The standard InChI is InChI=1S/C11H20N2O3/c1-3-5-12-9(4-2)6-13-10(14)7-16-8-11(13)15/h9,12H,3-8H2,1-2H3. The predicted octanol–water partition coefficient (Wildman–Crippen LogP) is 0.150. The van der Waals surface area contributed by atoms with Gasteiger partial charge in [0.1, 0.15) is 13.2 Å². The quantitative estimate of drug-likeness (QED) is 0.657. The number of ether oxygens (including phenoxy) is 1. The molecule has 0 bridgehead atoms. The Balaban J connectivity index is 2.48. The Morgan fingerprint density at radius 2 is 1.94 bits per heavy atom. The fraction of sp³-hybridized carbons (Fsp3) is 0.818. The normalized spacial score (nSPS) is 19.0. The third kappa shape index (κ3) is 3.57. The molecule has 0 radical (unpaired) electrons. The molecule has 1 N–H and O–H groups in total. The summed E-state index contributed by atoms with van der Waals surface area (Å²) in [5.74, 6) is -0.457. The number of nitrogens with zero attached hydrogens (tertiary/aromatic N) is 1. The van der Waals surface area contributed by atoms with Gasteiger partial charge in [0.25, 0.3) is 11.8 Å². The molecule has 5 nitrogen and oxygen atoms in total. The van der Waals surface area contributed by atoms with Gasteiger partial charge in [-0.25, -0.2) is 0 Å². The zero-order valence-electron chi connectivity index (χ0n) is 9.99. The number of hydrogen-bond acceptors (Lipinski definition) is 4. The maximum atomic E-state index is 11.5. The summed E-state index contributed by atoms with van der Waals surface area (Å²) in [5, 5.41) is 3.32. The summed E-state index contributed by atoms with van der Waals surface area (Å²) in [7, 11) is 0. The van der Waals surface area contributed by atoms with Crippen LogP contribution in [0.3, 0.4) is 0 Å². The number of carbonyl (C=O) groups is 2. The van der Waals surface area contributed by atoms with Crippen LogP contribution in [0.2, 0.25) is 0 Å². The maximum Gasteiger partial charge on any atom is 0.255 e. The van der Waals surface area contributed by atoms with Gasteiger partial charge >= 0.3 is 0 Å². The molecule has 16 heavy (non-hydrogen) atoms. The maximum absolute atomic E-state index is 11.5. The van der Waals surface area contributed by atoms with E-state index in [9.17, 15) is 9.59 Å². The monoisotopic (exact) mass is 228 g/mol. The second-order valence-electron chi connectivity index (χ2n) is 3.95. The van der Waals surface area contributed by atoms with Crippen molar-refractivity contribution < 1.29 is 14.3 Å². The number of amides is 2. The van der Waals surface area contributed by atoms with Crippen LogP contribution in [0.25, 0.3) is 0 Å². The molecule has 1 fully saturated rings. The Kier molecular flexibility index (Phi) is 5.42. The minimum atomic E-state index is -0.229. The molecular formula is C11H20N2O3. The lowest BCUT2D eigenvalue weighted by atomic mass is 10.2. The summed E-state index contributed by atoms with van der Waals surface area (Å²) >= 11 is 0. The fourth-order valence-electron chi connectivity index (χ4n) is 1.63. The smallest absolute Gasteiger partial charge is 0.255 e. The molecule has 1 rings (SSSR count). The van der Waals surface area contributed by atoms with Gasteiger partial charge in [0.15, 0.2) is 0 Å². The zero-order valence-corrected chi connectivity index (χ0v) is 9.99. The van der Waals surface area contributed by atoms with E-state index in [4.69, 9.17) is 4.74 Å². The van der Waals surface area contributed by atoms with Gasteiger partial charge in [-0.1, -0.05) is 13.8 Å². The minimum Gasteiger partial charge on any atom is -0.362 e. The number of carbonyl (C=O) groups excluding carboxylic acids is 2. The Hall–Kier alpha value is -0.940. The van der Waals surface area contributed by atoms with Gasteiger partial charge in [0.2, 0.25) is 0 Å². The van der Waals surface area contributed by atoms with Gasteiger partial charge in [0, 0.05) is 12.6 Å². The van der Waals surface area contributed by atoms with Gasteiger partial charge in [-0.05, 0) is 19.4 Å². The average molecular weight is 228 g/mol. The molecule has 1 aliphatic heterocycles. The molecule has 1 unspecified atom stereocenters. The molecule has 5 heteroatoms. The first-order valence-corrected chi connectivity index (χ1v) is 5.83. The number of hydrogen-bond donors (Lipinski definition) is 1. The molecule has 2 amide bonds. The molecule has 0 aliphatic carbocycles. The van der Waals surface area contributed by atoms with Gasteiger partial charge in [-0.2, -0.15) is 0 Å². The van der Waals surface area contributed by atoms with Crippen molar-refractivity contribution in [3.63, 3.8) is 0 Å². The first-order chi connectivity index (χ1) is 7.69. The molecule has 1 atom stereocenters. The lowest BCUT2D eigenvalue weighted by Crippen LogP contribution is -2.51. The van der Waals surface area contributed by atoms with E-state index in [2.05, 4.69) is 12.2 Å². The summed E-state index contributed by atoms with van der Waals surface area (Å²) in [6, 6.07) is 0.186. The highest BCUT2D eigenvalue weighted by molar-refractivity contribution is 5.98. The van der Waals surface area contributed by atoms with Crippen LogP contribution in [-0.4, -0.2) is 49.1 Å². The summed E-state index contributed by atoms with van der Waals surface area (Å²) in [5.41, 5.74) is 0. The van der Waals surface area contributed by atoms with Gasteiger partial charge in [0.05, 0.1) is 0 Å². The summed E-state index contributed by atoms with van der Waals surface area (Å²) in [4.78, 5) is 24.3. The topological polar surface area (TPSA) is 58.6 Å². The van der Waals surface area contributed by atoms with Crippen LogP contribution in [0, 0.1) is 0 Å². The van der Waals surface area contributed by atoms with Crippen molar-refractivity contribution in [2.24, 2.45) is 0 Å². The Morgan fingerprint density at radius 1 is 1.31 bits per heavy atom. The van der Waals surface area contributed by atoms with Crippen molar-refractivity contribution in [1.82, 2.24) is 10.2 Å². The van der Waals surface area contributed by atoms with Crippen LogP contribution in [0.1, 0.15) is 26.7 Å². The molecule has 0 aromatic carbocycles. The lowest BCUT2D eigenvalue weighted by Gasteiger charge is -2.29. The lowest BCUT2D eigenvalue weighted by molar-refractivity contribution is -0.158. The summed E-state index contributed by atoms with van der Waals surface area (Å²) < 4.78 is 4.86. The fourth-order valence-corrected chi connectivity index (χ4v) is 1.63. The number of rotatable bonds is 6. The highest BCUT2D eigenvalue weighted by Gasteiger charge is 2.28. The predicted molar refractivity (Wildman–Crippen MR) is 59.9 cm³/mol. The minimum absolute atomic E-state index is 0.0238. The molecule has 92 valence electrons. The van der Waals surface area contributed by atoms with E-state index in [1.54, 1.807) is 0 Å². The van der Waals surface area contributed by atoms with E-state index < -0.39 is 0 Å². The van der Waals surface area contributed by atoms with Crippen molar-refractivity contribution in [2.45, 2.75) is 32.7 Å². The summed E-state index contributed by atoms with van der Waals surface area (Å²) in [6.07, 6.45) is 1.94.